The van der Waals surface area contributed by atoms with E-state index < -0.39 is 12.2 Å². The fourth-order valence-electron chi connectivity index (χ4n) is 5.51. The van der Waals surface area contributed by atoms with Crippen LogP contribution in [0, 0.1) is 12.3 Å². The highest BCUT2D eigenvalue weighted by Crippen LogP contribution is 2.59. The van der Waals surface area contributed by atoms with E-state index in [0.717, 1.165) is 44.3 Å². The molecule has 5 unspecified atom stereocenters. The fraction of sp³-hybridized carbons (Fsp3) is 0.375. The zero-order valence-corrected chi connectivity index (χ0v) is 21.0. The Morgan fingerprint density at radius 3 is 2.88 bits per heavy atom. The number of pyridine rings is 1. The summed E-state index contributed by atoms with van der Waals surface area (Å²) >= 11 is 11.5. The van der Waals surface area contributed by atoms with Gasteiger partial charge in [0.15, 0.2) is 0 Å². The highest BCUT2D eigenvalue weighted by molar-refractivity contribution is 9.10. The first-order valence-electron chi connectivity index (χ1n) is 10.9. The molecule has 2 fully saturated rings. The molecule has 6 rings (SSSR count). The molecule has 4 aromatic rings. The number of aliphatic hydroxyl groups excluding tert-OH is 2. The lowest BCUT2D eigenvalue weighted by atomic mass is 9.80. The van der Waals surface area contributed by atoms with E-state index in [2.05, 4.69) is 49.1 Å². The van der Waals surface area contributed by atoms with Crippen molar-refractivity contribution in [2.75, 3.05) is 5.75 Å². The van der Waals surface area contributed by atoms with Gasteiger partial charge in [-0.15, -0.1) is 0 Å². The Morgan fingerprint density at radius 1 is 1.18 bits per heavy atom. The van der Waals surface area contributed by atoms with E-state index in [0.29, 0.717) is 11.6 Å². The molecule has 9 heteroatoms. The molecule has 3 aromatic heterocycles. The largest absolute Gasteiger partial charge is 0.390 e. The van der Waals surface area contributed by atoms with Crippen LogP contribution in [0.25, 0.3) is 21.9 Å². The van der Waals surface area contributed by atoms with E-state index >= 15 is 0 Å². The third-order valence-corrected chi connectivity index (χ3v) is 10.0. The number of rotatable bonds is 2. The number of hydrogen-bond donors (Lipinski definition) is 2. The Kier molecular flexibility index (Phi) is 5.23. The summed E-state index contributed by atoms with van der Waals surface area (Å²) in [5, 5.41) is 25.0. The van der Waals surface area contributed by atoms with Gasteiger partial charge in [0, 0.05) is 33.4 Å². The number of aryl methyl sites for hydroxylation is 1. The first-order chi connectivity index (χ1) is 15.9. The Hall–Kier alpha value is -1.71. The van der Waals surface area contributed by atoms with E-state index in [1.165, 1.54) is 5.56 Å². The lowest BCUT2D eigenvalue weighted by Crippen LogP contribution is -2.36. The van der Waals surface area contributed by atoms with Gasteiger partial charge in [0.25, 0.3) is 0 Å². The molecule has 0 bridgehead atoms. The number of aromatic nitrogens is 4. The number of hydrogen-bond acceptors (Lipinski definition) is 6. The van der Waals surface area contributed by atoms with Gasteiger partial charge in [-0.1, -0.05) is 23.7 Å². The smallest absolute Gasteiger partial charge is 0.143 e. The van der Waals surface area contributed by atoms with Crippen LogP contribution in [0.15, 0.2) is 47.3 Å². The third-order valence-electron chi connectivity index (χ3n) is 7.31. The van der Waals surface area contributed by atoms with Gasteiger partial charge in [0.2, 0.25) is 0 Å². The van der Waals surface area contributed by atoms with Gasteiger partial charge in [-0.3, -0.25) is 0 Å². The van der Waals surface area contributed by atoms with Crippen molar-refractivity contribution in [3.05, 3.63) is 63.7 Å². The summed E-state index contributed by atoms with van der Waals surface area (Å²) < 4.78 is 2.80. The summed E-state index contributed by atoms with van der Waals surface area (Å²) in [5.41, 5.74) is 3.41. The van der Waals surface area contributed by atoms with Crippen molar-refractivity contribution >= 4 is 61.2 Å². The summed E-state index contributed by atoms with van der Waals surface area (Å²) in [4.78, 5) is 13.2. The van der Waals surface area contributed by atoms with Gasteiger partial charge in [0.05, 0.1) is 27.8 Å². The van der Waals surface area contributed by atoms with E-state index in [1.807, 2.05) is 41.6 Å². The van der Waals surface area contributed by atoms with Crippen LogP contribution in [0.4, 0.5) is 0 Å². The van der Waals surface area contributed by atoms with Crippen molar-refractivity contribution < 1.29 is 10.2 Å². The van der Waals surface area contributed by atoms with Crippen LogP contribution in [0.1, 0.15) is 35.4 Å². The first kappa shape index (κ1) is 21.8. The number of halogens is 2. The zero-order chi connectivity index (χ0) is 22.9. The fourth-order valence-corrected chi connectivity index (χ4v) is 7.72. The maximum atomic E-state index is 11.2. The summed E-state index contributed by atoms with van der Waals surface area (Å²) in [7, 11) is 0. The van der Waals surface area contributed by atoms with Crippen molar-refractivity contribution in [3.63, 3.8) is 0 Å². The van der Waals surface area contributed by atoms with E-state index in [4.69, 9.17) is 11.6 Å². The minimum atomic E-state index is -0.843. The Labute approximate surface area is 208 Å². The molecule has 1 saturated carbocycles. The number of fused-ring (bicyclic) bond motifs is 2. The lowest BCUT2D eigenvalue weighted by molar-refractivity contribution is -0.0204. The van der Waals surface area contributed by atoms with Gasteiger partial charge in [-0.2, -0.15) is 11.8 Å². The third kappa shape index (κ3) is 3.41. The molecule has 0 radical (unpaired) electrons. The number of nitrogens with zero attached hydrogens (tertiary/aromatic N) is 4. The minimum Gasteiger partial charge on any atom is -0.390 e. The molecule has 33 heavy (non-hydrogen) atoms. The molecule has 2 N–H and O–H groups in total. The molecular formula is C24H22BrClN4O2S. The molecule has 0 amide bonds. The average molecular weight is 546 g/mol. The Bertz CT molecular complexity index is 1400. The summed E-state index contributed by atoms with van der Waals surface area (Å²) in [5.74, 6) is 0.798. The van der Waals surface area contributed by atoms with Crippen LogP contribution in [0.3, 0.4) is 0 Å². The predicted octanol–water partition coefficient (Wildman–Crippen LogP) is 5.24. The van der Waals surface area contributed by atoms with Crippen LogP contribution in [-0.2, 0) is 0 Å². The monoisotopic (exact) mass is 544 g/mol. The molecule has 2 aliphatic rings. The van der Waals surface area contributed by atoms with Gasteiger partial charge in [-0.25, -0.2) is 15.0 Å². The molecule has 1 aromatic carbocycles. The van der Waals surface area contributed by atoms with Gasteiger partial charge < -0.3 is 14.8 Å². The maximum absolute atomic E-state index is 11.2. The lowest BCUT2D eigenvalue weighted by Gasteiger charge is -2.27. The second kappa shape index (κ2) is 7.92. The molecule has 5 atom stereocenters. The van der Waals surface area contributed by atoms with Crippen LogP contribution >= 0.6 is 39.3 Å². The SMILES string of the molecule is Cc1ncnc2c1ccn2C1CC2(CSC(c3ccc4cc(Br)c(Cl)nc4c3)C2)C(O)C1O. The van der Waals surface area contributed by atoms with Crippen LogP contribution < -0.4 is 0 Å². The Balaban J connectivity index is 1.30. The minimum absolute atomic E-state index is 0.222. The van der Waals surface area contributed by atoms with Gasteiger partial charge in [0.1, 0.15) is 23.2 Å². The van der Waals surface area contributed by atoms with Crippen molar-refractivity contribution in [2.24, 2.45) is 5.41 Å². The van der Waals surface area contributed by atoms with Crippen LogP contribution in [0.5, 0.6) is 0 Å². The average Bonchev–Trinajstić information content (AvgIpc) is 3.48. The summed E-state index contributed by atoms with van der Waals surface area (Å²) in [6.07, 6.45) is 3.39. The topological polar surface area (TPSA) is 84.1 Å². The van der Waals surface area contributed by atoms with Crippen molar-refractivity contribution in [2.45, 2.75) is 43.3 Å². The maximum Gasteiger partial charge on any atom is 0.143 e. The number of thioether (sulfide) groups is 1. The highest BCUT2D eigenvalue weighted by atomic mass is 79.9. The van der Waals surface area contributed by atoms with Gasteiger partial charge in [-0.05, 0) is 59.5 Å². The molecular weight excluding hydrogens is 524 g/mol. The summed E-state index contributed by atoms with van der Waals surface area (Å²) in [6.45, 7) is 1.96. The first-order valence-corrected chi connectivity index (χ1v) is 13.1. The molecule has 1 saturated heterocycles. The van der Waals surface area contributed by atoms with Gasteiger partial charge >= 0.3 is 0 Å². The molecule has 1 aliphatic carbocycles. The molecule has 6 nitrogen and oxygen atoms in total. The summed E-state index contributed by atoms with van der Waals surface area (Å²) in [6, 6.07) is 10.0. The van der Waals surface area contributed by atoms with E-state index in [-0.39, 0.29) is 16.7 Å². The van der Waals surface area contributed by atoms with Crippen molar-refractivity contribution in [1.29, 1.82) is 0 Å². The normalized spacial score (nSPS) is 29.6. The standard InChI is InChI=1S/C24H22BrClN4O2S/c1-12-15-4-5-30(23(15)28-11-27-12)18-8-24(21(32)20(18)31)9-19(33-10-24)14-3-2-13-6-16(25)22(26)29-17(13)7-14/h2-7,11,18-21,31-32H,8-10H2,1H3. The van der Waals surface area contributed by atoms with E-state index in [9.17, 15) is 10.2 Å². The van der Waals surface area contributed by atoms with Crippen LogP contribution in [0.2, 0.25) is 5.15 Å². The molecule has 1 spiro atoms. The second-order valence-electron chi connectivity index (χ2n) is 9.21. The molecule has 4 heterocycles. The zero-order valence-electron chi connectivity index (χ0n) is 17.8. The molecule has 170 valence electrons. The quantitative estimate of drug-likeness (QED) is 0.335. The predicted molar refractivity (Wildman–Crippen MR) is 135 cm³/mol. The Morgan fingerprint density at radius 2 is 2.03 bits per heavy atom. The van der Waals surface area contributed by atoms with Crippen molar-refractivity contribution in [3.8, 4) is 0 Å². The molecule has 1 aliphatic heterocycles. The van der Waals surface area contributed by atoms with E-state index in [1.54, 1.807) is 6.33 Å². The highest BCUT2D eigenvalue weighted by Gasteiger charge is 2.56. The van der Waals surface area contributed by atoms with Crippen LogP contribution in [-0.4, -0.2) is 47.7 Å². The number of benzene rings is 1. The number of aliphatic hydroxyl groups is 2. The van der Waals surface area contributed by atoms with Crippen molar-refractivity contribution in [1.82, 2.24) is 19.5 Å². The second-order valence-corrected chi connectivity index (χ2v) is 11.6.